The number of aromatic hydroxyl groups is 1. The van der Waals surface area contributed by atoms with Crippen LogP contribution in [0.5, 0.6) is 17.2 Å². The summed E-state index contributed by atoms with van der Waals surface area (Å²) in [6.45, 7) is 0.665. The van der Waals surface area contributed by atoms with Crippen LogP contribution in [0.2, 0.25) is 0 Å². The van der Waals surface area contributed by atoms with Gasteiger partial charge in [0.15, 0.2) is 5.78 Å². The van der Waals surface area contributed by atoms with Crippen LogP contribution >= 0.6 is 0 Å². The minimum absolute atomic E-state index is 0.00122. The summed E-state index contributed by atoms with van der Waals surface area (Å²) < 4.78 is 15.6. The van der Waals surface area contributed by atoms with Crippen molar-refractivity contribution in [3.63, 3.8) is 0 Å². The molecule has 1 aliphatic rings. The number of methoxy groups -OCH3 is 1. The third kappa shape index (κ3) is 3.45. The summed E-state index contributed by atoms with van der Waals surface area (Å²) >= 11 is 0. The monoisotopic (exact) mass is 344 g/mol. The van der Waals surface area contributed by atoms with E-state index in [4.69, 9.17) is 19.3 Å². The fourth-order valence-electron chi connectivity index (χ4n) is 2.46. The number of ketones is 1. The number of phenols is 1. The van der Waals surface area contributed by atoms with Gasteiger partial charge in [-0.25, -0.2) is 0 Å². The van der Waals surface area contributed by atoms with Gasteiger partial charge in [0.25, 0.3) is 0 Å². The van der Waals surface area contributed by atoms with E-state index in [0.717, 1.165) is 6.07 Å². The number of benzene rings is 1. The highest BCUT2D eigenvalue weighted by Crippen LogP contribution is 2.35. The lowest BCUT2D eigenvalue weighted by atomic mass is 9.99. The van der Waals surface area contributed by atoms with Gasteiger partial charge in [0.1, 0.15) is 47.2 Å². The molecule has 1 aromatic carbocycles. The molecule has 2 rings (SSSR count). The van der Waals surface area contributed by atoms with Crippen molar-refractivity contribution in [2.45, 2.75) is 37.6 Å². The van der Waals surface area contributed by atoms with Crippen LogP contribution in [0.4, 0.5) is 0 Å². The molecule has 24 heavy (non-hydrogen) atoms. The van der Waals surface area contributed by atoms with E-state index in [9.17, 15) is 25.2 Å². The molecule has 0 bridgehead atoms. The highest BCUT2D eigenvalue weighted by molar-refractivity contribution is 5.99. The van der Waals surface area contributed by atoms with Gasteiger partial charge in [-0.2, -0.15) is 0 Å². The van der Waals surface area contributed by atoms with Crippen LogP contribution in [0.1, 0.15) is 17.3 Å². The third-order valence-electron chi connectivity index (χ3n) is 3.73. The molecule has 0 saturated carbocycles. The molecule has 5 atom stereocenters. The Hall–Kier alpha value is -1.91. The Morgan fingerprint density at radius 1 is 1.21 bits per heavy atom. The zero-order valence-corrected chi connectivity index (χ0v) is 13.1. The first-order valence-electron chi connectivity index (χ1n) is 7.19. The van der Waals surface area contributed by atoms with E-state index in [-0.39, 0.29) is 22.8 Å². The first-order chi connectivity index (χ1) is 11.3. The van der Waals surface area contributed by atoms with Gasteiger partial charge in [-0.05, 0) is 6.92 Å². The number of rotatable bonds is 5. The predicted molar refractivity (Wildman–Crippen MR) is 79.1 cm³/mol. The van der Waals surface area contributed by atoms with Crippen molar-refractivity contribution in [1.29, 1.82) is 0 Å². The van der Waals surface area contributed by atoms with Gasteiger partial charge in [-0.1, -0.05) is 0 Å². The lowest BCUT2D eigenvalue weighted by Gasteiger charge is -2.39. The van der Waals surface area contributed by atoms with E-state index >= 15 is 0 Å². The number of carbonyl (C=O) groups excluding carboxylic acids is 1. The number of ether oxygens (including phenoxy) is 3. The molecule has 0 spiro atoms. The molecule has 1 saturated heterocycles. The molecular formula is C15H20O9. The van der Waals surface area contributed by atoms with Crippen molar-refractivity contribution in [1.82, 2.24) is 0 Å². The largest absolute Gasteiger partial charge is 0.507 e. The van der Waals surface area contributed by atoms with Crippen molar-refractivity contribution in [3.05, 3.63) is 17.7 Å². The van der Waals surface area contributed by atoms with E-state index in [1.165, 1.54) is 20.1 Å². The zero-order chi connectivity index (χ0) is 18.0. The maximum absolute atomic E-state index is 11.5. The lowest BCUT2D eigenvalue weighted by molar-refractivity contribution is -0.277. The second-order valence-corrected chi connectivity index (χ2v) is 5.39. The third-order valence-corrected chi connectivity index (χ3v) is 3.73. The Balaban J connectivity index is 2.27. The number of hydrogen-bond donors (Lipinski definition) is 5. The minimum atomic E-state index is -1.59. The summed E-state index contributed by atoms with van der Waals surface area (Å²) in [7, 11) is 1.30. The van der Waals surface area contributed by atoms with E-state index in [0.29, 0.717) is 0 Å². The van der Waals surface area contributed by atoms with Crippen molar-refractivity contribution >= 4 is 5.78 Å². The zero-order valence-electron chi connectivity index (χ0n) is 13.1. The summed E-state index contributed by atoms with van der Waals surface area (Å²) in [5, 5.41) is 48.5. The van der Waals surface area contributed by atoms with E-state index in [1.54, 1.807) is 0 Å². The van der Waals surface area contributed by atoms with Gasteiger partial charge in [0, 0.05) is 12.1 Å². The maximum Gasteiger partial charge on any atom is 0.229 e. The van der Waals surface area contributed by atoms with E-state index < -0.39 is 43.1 Å². The topological polar surface area (TPSA) is 146 Å². The molecular weight excluding hydrogens is 324 g/mol. The summed E-state index contributed by atoms with van der Waals surface area (Å²) in [6.07, 6.45) is -7.22. The lowest BCUT2D eigenvalue weighted by Crippen LogP contribution is -2.60. The molecule has 0 unspecified atom stereocenters. The van der Waals surface area contributed by atoms with Crippen molar-refractivity contribution < 1.29 is 44.5 Å². The molecule has 0 amide bonds. The Bertz CT molecular complexity index is 601. The summed E-state index contributed by atoms with van der Waals surface area (Å²) in [5.74, 6) is -0.744. The van der Waals surface area contributed by atoms with Crippen LogP contribution < -0.4 is 9.47 Å². The second kappa shape index (κ2) is 7.32. The minimum Gasteiger partial charge on any atom is -0.507 e. The molecule has 134 valence electrons. The van der Waals surface area contributed by atoms with Gasteiger partial charge < -0.3 is 39.7 Å². The average Bonchev–Trinajstić information content (AvgIpc) is 2.54. The highest BCUT2D eigenvalue weighted by Gasteiger charge is 2.44. The number of aliphatic hydroxyl groups is 4. The van der Waals surface area contributed by atoms with Crippen LogP contribution in [0, 0.1) is 0 Å². The Morgan fingerprint density at radius 2 is 1.88 bits per heavy atom. The standard InChI is InChI=1S/C15H20O9/c1-6(17)11-8(18)3-7(4-9(11)22-2)23-15-14(21)13(20)12(19)10(5-16)24-15/h3-4,10,12-16,18-21H,5H2,1-2H3/t10-,12-,13+,14-,15-/m1/s1. The van der Waals surface area contributed by atoms with Crippen LogP contribution in [-0.4, -0.2) is 75.7 Å². The van der Waals surface area contributed by atoms with Crippen LogP contribution in [0.3, 0.4) is 0 Å². The first-order valence-corrected chi connectivity index (χ1v) is 7.19. The molecule has 5 N–H and O–H groups in total. The molecule has 0 aromatic heterocycles. The fraction of sp³-hybridized carbons (Fsp3) is 0.533. The molecule has 1 aliphatic heterocycles. The predicted octanol–water partition coefficient (Wildman–Crippen LogP) is -1.22. The number of phenolic OH excluding ortho intramolecular Hbond substituents is 1. The SMILES string of the molecule is COc1cc(O[C@@H]2O[C@H](CO)[C@@H](O)[C@H](O)[C@H]2O)cc(O)c1C(C)=O. The quantitative estimate of drug-likeness (QED) is 0.415. The van der Waals surface area contributed by atoms with Gasteiger partial charge >= 0.3 is 0 Å². The van der Waals surface area contributed by atoms with Crippen LogP contribution in [0.25, 0.3) is 0 Å². The Kier molecular flexibility index (Phi) is 5.62. The molecule has 0 aliphatic carbocycles. The van der Waals surface area contributed by atoms with Crippen LogP contribution in [-0.2, 0) is 4.74 Å². The summed E-state index contributed by atoms with van der Waals surface area (Å²) in [6, 6.07) is 2.43. The van der Waals surface area contributed by atoms with Gasteiger partial charge in [-0.3, -0.25) is 4.79 Å². The second-order valence-electron chi connectivity index (χ2n) is 5.39. The Morgan fingerprint density at radius 3 is 2.42 bits per heavy atom. The molecule has 1 aromatic rings. The van der Waals surface area contributed by atoms with E-state index in [2.05, 4.69) is 0 Å². The molecule has 1 fully saturated rings. The summed E-state index contributed by atoms with van der Waals surface area (Å²) in [5.41, 5.74) is -0.0290. The normalized spacial score (nSPS) is 30.0. The molecule has 1 heterocycles. The Labute approximate surface area is 137 Å². The van der Waals surface area contributed by atoms with E-state index in [1.807, 2.05) is 0 Å². The number of Topliss-reactive ketones (excluding diaryl/α,β-unsaturated/α-hetero) is 1. The fourth-order valence-corrected chi connectivity index (χ4v) is 2.46. The van der Waals surface area contributed by atoms with Crippen molar-refractivity contribution in [2.24, 2.45) is 0 Å². The number of carbonyl (C=O) groups is 1. The van der Waals surface area contributed by atoms with Crippen LogP contribution in [0.15, 0.2) is 12.1 Å². The van der Waals surface area contributed by atoms with Crippen molar-refractivity contribution in [2.75, 3.05) is 13.7 Å². The highest BCUT2D eigenvalue weighted by atomic mass is 16.7. The summed E-state index contributed by atoms with van der Waals surface area (Å²) in [4.78, 5) is 11.5. The van der Waals surface area contributed by atoms with Gasteiger partial charge in [-0.15, -0.1) is 0 Å². The molecule has 9 nitrogen and oxygen atoms in total. The van der Waals surface area contributed by atoms with Crippen molar-refractivity contribution in [3.8, 4) is 17.2 Å². The molecule has 9 heteroatoms. The maximum atomic E-state index is 11.5. The van der Waals surface area contributed by atoms with Gasteiger partial charge in [0.2, 0.25) is 6.29 Å². The number of hydrogen-bond acceptors (Lipinski definition) is 9. The number of aliphatic hydroxyl groups excluding tert-OH is 4. The first kappa shape index (κ1) is 18.4. The van der Waals surface area contributed by atoms with Gasteiger partial charge in [0.05, 0.1) is 13.7 Å². The smallest absolute Gasteiger partial charge is 0.229 e. The molecule has 0 radical (unpaired) electrons. The average molecular weight is 344 g/mol.